The molecule has 2 saturated heterocycles. The molecule has 0 spiro atoms. The van der Waals surface area contributed by atoms with E-state index < -0.39 is 5.60 Å². The first-order chi connectivity index (χ1) is 17.5. The molecule has 4 rings (SSSR count). The van der Waals surface area contributed by atoms with Crippen molar-refractivity contribution < 1.29 is 19.1 Å². The van der Waals surface area contributed by atoms with Crippen LogP contribution in [0.4, 0.5) is 4.79 Å². The van der Waals surface area contributed by atoms with Crippen LogP contribution in [0.1, 0.15) is 88.7 Å². The summed E-state index contributed by atoms with van der Waals surface area (Å²) in [5, 5.41) is 9.85. The van der Waals surface area contributed by atoms with Crippen molar-refractivity contribution in [2.75, 3.05) is 26.2 Å². The van der Waals surface area contributed by atoms with Gasteiger partial charge in [-0.2, -0.15) is 5.26 Å². The van der Waals surface area contributed by atoms with Gasteiger partial charge in [0.25, 0.3) is 0 Å². The molecule has 0 saturated carbocycles. The number of ether oxygens (including phenoxy) is 2. The summed E-state index contributed by atoms with van der Waals surface area (Å²) in [7, 11) is 0. The fourth-order valence-electron chi connectivity index (χ4n) is 5.30. The summed E-state index contributed by atoms with van der Waals surface area (Å²) in [5.74, 6) is 0.884. The zero-order valence-electron chi connectivity index (χ0n) is 22.8. The van der Waals surface area contributed by atoms with Crippen molar-refractivity contribution >= 4 is 22.8 Å². The van der Waals surface area contributed by atoms with E-state index in [0.29, 0.717) is 24.8 Å². The Kier molecular flexibility index (Phi) is 8.13. The molecule has 3 heterocycles. The summed E-state index contributed by atoms with van der Waals surface area (Å²) in [5.41, 5.74) is 1.92. The largest absolute Gasteiger partial charge is 0.490 e. The van der Waals surface area contributed by atoms with E-state index in [4.69, 9.17) is 14.7 Å². The summed E-state index contributed by atoms with van der Waals surface area (Å²) >= 11 is 0. The van der Waals surface area contributed by atoms with E-state index in [1.807, 2.05) is 39.0 Å². The van der Waals surface area contributed by atoms with Crippen LogP contribution < -0.4 is 4.74 Å². The van der Waals surface area contributed by atoms with Gasteiger partial charge in [-0.3, -0.25) is 4.79 Å². The highest BCUT2D eigenvalue weighted by Gasteiger charge is 2.30. The molecule has 0 bridgehead atoms. The van der Waals surface area contributed by atoms with E-state index in [9.17, 15) is 9.59 Å². The molecule has 0 aliphatic carbocycles. The molecule has 1 aromatic carbocycles. The number of rotatable bonds is 6. The number of nitrogens with zero attached hydrogens (tertiary/aromatic N) is 3. The highest BCUT2D eigenvalue weighted by molar-refractivity contribution is 6.00. The van der Waals surface area contributed by atoms with Crippen LogP contribution in [0.5, 0.6) is 5.75 Å². The van der Waals surface area contributed by atoms with E-state index in [1.165, 1.54) is 0 Å². The number of aromatic amines is 1. The van der Waals surface area contributed by atoms with Gasteiger partial charge in [0.05, 0.1) is 11.8 Å². The predicted octanol–water partition coefficient (Wildman–Crippen LogP) is 5.63. The van der Waals surface area contributed by atoms with Gasteiger partial charge in [0.15, 0.2) is 5.78 Å². The lowest BCUT2D eigenvalue weighted by molar-refractivity contribution is 0.0204. The number of hydrogen-bond acceptors (Lipinski definition) is 6. The summed E-state index contributed by atoms with van der Waals surface area (Å²) < 4.78 is 12.2. The lowest BCUT2D eigenvalue weighted by Gasteiger charge is -2.36. The van der Waals surface area contributed by atoms with Crippen molar-refractivity contribution in [3.05, 3.63) is 29.5 Å². The molecule has 2 fully saturated rings. The molecule has 2 aliphatic heterocycles. The molecule has 0 unspecified atom stereocenters. The van der Waals surface area contributed by atoms with Crippen molar-refractivity contribution in [3.63, 3.8) is 0 Å². The average Bonchev–Trinajstić information content (AvgIpc) is 3.26. The van der Waals surface area contributed by atoms with Crippen molar-refractivity contribution in [2.45, 2.75) is 90.4 Å². The highest BCUT2D eigenvalue weighted by atomic mass is 16.6. The third-order valence-corrected chi connectivity index (χ3v) is 7.38. The molecular formula is C29H40N4O4. The number of likely N-dealkylation sites (tertiary alicyclic amines) is 2. The molecule has 1 N–H and O–H groups in total. The first-order valence-corrected chi connectivity index (χ1v) is 13.5. The topological polar surface area (TPSA) is 98.7 Å². The van der Waals surface area contributed by atoms with Gasteiger partial charge in [0.1, 0.15) is 23.9 Å². The Morgan fingerprint density at radius 2 is 1.76 bits per heavy atom. The van der Waals surface area contributed by atoms with E-state index in [-0.39, 0.29) is 30.3 Å². The quantitative estimate of drug-likeness (QED) is 0.508. The number of fused-ring (bicyclic) bond motifs is 1. The van der Waals surface area contributed by atoms with Crippen LogP contribution in [0.2, 0.25) is 0 Å². The SMILES string of the molecule is CC(C)N1CCC(Oc2cc3cc(C(=O)CC#N)[nH]c3cc2C2CCN(C(=O)OC(C)(C)C)CC2)CC1. The van der Waals surface area contributed by atoms with Gasteiger partial charge < -0.3 is 24.3 Å². The normalized spacial score (nSPS) is 18.2. The monoisotopic (exact) mass is 508 g/mol. The second-order valence-corrected chi connectivity index (χ2v) is 11.6. The zero-order chi connectivity index (χ0) is 26.7. The molecular weight excluding hydrogens is 468 g/mol. The van der Waals surface area contributed by atoms with E-state index in [2.05, 4.69) is 29.8 Å². The number of H-pyrrole nitrogens is 1. The molecule has 1 aromatic heterocycles. The molecule has 8 heteroatoms. The molecule has 37 heavy (non-hydrogen) atoms. The molecule has 0 radical (unpaired) electrons. The van der Waals surface area contributed by atoms with Gasteiger partial charge in [-0.05, 0) is 90.0 Å². The Morgan fingerprint density at radius 1 is 1.08 bits per heavy atom. The van der Waals surface area contributed by atoms with Crippen LogP contribution in [-0.4, -0.2) is 70.6 Å². The van der Waals surface area contributed by atoms with Crippen LogP contribution >= 0.6 is 0 Å². The maximum atomic E-state index is 12.6. The maximum absolute atomic E-state index is 12.6. The number of carbonyl (C=O) groups is 2. The van der Waals surface area contributed by atoms with E-state index in [0.717, 1.165) is 61.0 Å². The van der Waals surface area contributed by atoms with Gasteiger partial charge >= 0.3 is 6.09 Å². The number of aromatic nitrogens is 1. The third kappa shape index (κ3) is 6.64. The first kappa shape index (κ1) is 27.0. The number of amides is 1. The van der Waals surface area contributed by atoms with Crippen LogP contribution in [0.3, 0.4) is 0 Å². The highest BCUT2D eigenvalue weighted by Crippen LogP contribution is 2.39. The Hall–Kier alpha value is -3.05. The minimum absolute atomic E-state index is 0.145. The minimum atomic E-state index is -0.514. The second kappa shape index (κ2) is 11.1. The van der Waals surface area contributed by atoms with Crippen molar-refractivity contribution in [2.24, 2.45) is 0 Å². The van der Waals surface area contributed by atoms with Crippen molar-refractivity contribution in [1.82, 2.24) is 14.8 Å². The van der Waals surface area contributed by atoms with Crippen LogP contribution in [-0.2, 0) is 4.74 Å². The lowest BCUT2D eigenvalue weighted by Crippen LogP contribution is -2.42. The molecule has 0 atom stereocenters. The summed E-state index contributed by atoms with van der Waals surface area (Å²) in [6, 6.07) is 8.43. The summed E-state index contributed by atoms with van der Waals surface area (Å²) in [4.78, 5) is 32.4. The lowest BCUT2D eigenvalue weighted by atomic mass is 9.88. The third-order valence-electron chi connectivity index (χ3n) is 7.38. The van der Waals surface area contributed by atoms with Gasteiger partial charge in [-0.1, -0.05) is 0 Å². The number of benzene rings is 1. The van der Waals surface area contributed by atoms with Crippen molar-refractivity contribution in [1.29, 1.82) is 5.26 Å². The van der Waals surface area contributed by atoms with E-state index >= 15 is 0 Å². The Bertz CT molecular complexity index is 1160. The smallest absolute Gasteiger partial charge is 0.410 e. The minimum Gasteiger partial charge on any atom is -0.490 e. The fourth-order valence-corrected chi connectivity index (χ4v) is 5.30. The molecule has 200 valence electrons. The van der Waals surface area contributed by atoms with Gasteiger partial charge in [0, 0.05) is 43.1 Å². The number of carbonyl (C=O) groups excluding carboxylic acids is 2. The zero-order valence-corrected chi connectivity index (χ0v) is 22.8. The summed E-state index contributed by atoms with van der Waals surface area (Å²) in [6.07, 6.45) is 3.31. The number of nitriles is 1. The standard InChI is InChI=1S/C29H40N4O4/c1-19(2)32-14-9-22(10-15-32)36-27-17-21-16-25(26(34)6-11-30)31-24(21)18-23(27)20-7-12-33(13-8-20)28(35)37-29(3,4)5/h16-20,22,31H,6-10,12-15H2,1-5H3. The first-order valence-electron chi connectivity index (χ1n) is 13.5. The number of nitrogens with one attached hydrogen (secondary N) is 1. The van der Waals surface area contributed by atoms with Gasteiger partial charge in [-0.15, -0.1) is 0 Å². The Morgan fingerprint density at radius 3 is 2.35 bits per heavy atom. The van der Waals surface area contributed by atoms with Crippen LogP contribution in [0.15, 0.2) is 18.2 Å². The van der Waals surface area contributed by atoms with Crippen LogP contribution in [0, 0.1) is 11.3 Å². The Balaban J connectivity index is 1.56. The van der Waals surface area contributed by atoms with Gasteiger partial charge in [0.2, 0.25) is 0 Å². The summed E-state index contributed by atoms with van der Waals surface area (Å²) in [6.45, 7) is 13.4. The predicted molar refractivity (Wildman–Crippen MR) is 143 cm³/mol. The Labute approximate surface area is 219 Å². The fraction of sp³-hybridized carbons (Fsp3) is 0.621. The molecule has 1 amide bonds. The van der Waals surface area contributed by atoms with Crippen LogP contribution in [0.25, 0.3) is 10.9 Å². The molecule has 2 aromatic rings. The van der Waals surface area contributed by atoms with Gasteiger partial charge in [-0.25, -0.2) is 4.79 Å². The van der Waals surface area contributed by atoms with Crippen molar-refractivity contribution in [3.8, 4) is 11.8 Å². The number of hydrogen-bond donors (Lipinski definition) is 1. The number of Topliss-reactive ketones (excluding diaryl/α,β-unsaturated/α-hetero) is 1. The molecule has 8 nitrogen and oxygen atoms in total. The maximum Gasteiger partial charge on any atom is 0.410 e. The second-order valence-electron chi connectivity index (χ2n) is 11.6. The molecule has 2 aliphatic rings. The van der Waals surface area contributed by atoms with E-state index in [1.54, 1.807) is 4.90 Å². The average molecular weight is 509 g/mol. The number of piperidine rings is 2. The number of ketones is 1.